The Morgan fingerprint density at radius 1 is 1.21 bits per heavy atom. The Hall–Kier alpha value is -3.15. The Kier molecular flexibility index (Phi) is 9.97. The minimum atomic E-state index is -0.385. The molecule has 2 aromatic rings. The van der Waals surface area contributed by atoms with Crippen LogP contribution in [0.4, 0.5) is 4.79 Å². The van der Waals surface area contributed by atoms with Gasteiger partial charge < -0.3 is 24.4 Å². The maximum absolute atomic E-state index is 13.8. The normalized spacial score (nSPS) is 17.7. The molecular formula is C27H37N5O5S. The second kappa shape index (κ2) is 13.6. The number of thiophene rings is 1. The van der Waals surface area contributed by atoms with Crippen LogP contribution in [0.1, 0.15) is 36.2 Å². The molecule has 2 aliphatic rings. The van der Waals surface area contributed by atoms with Gasteiger partial charge in [-0.2, -0.15) is 5.10 Å². The summed E-state index contributed by atoms with van der Waals surface area (Å²) in [7, 11) is 3.22. The quantitative estimate of drug-likeness (QED) is 0.468. The van der Waals surface area contributed by atoms with Crippen molar-refractivity contribution in [2.24, 2.45) is 5.10 Å². The summed E-state index contributed by atoms with van der Waals surface area (Å²) >= 11 is 1.59. The molecule has 3 heterocycles. The van der Waals surface area contributed by atoms with Crippen molar-refractivity contribution in [3.63, 3.8) is 0 Å². The van der Waals surface area contributed by atoms with E-state index in [-0.39, 0.29) is 24.5 Å². The van der Waals surface area contributed by atoms with Gasteiger partial charge in [0, 0.05) is 44.7 Å². The van der Waals surface area contributed by atoms with E-state index in [9.17, 15) is 9.59 Å². The van der Waals surface area contributed by atoms with Crippen LogP contribution in [-0.4, -0.2) is 99.2 Å². The zero-order valence-corrected chi connectivity index (χ0v) is 23.2. The molecule has 3 amide bonds. The lowest BCUT2D eigenvalue weighted by Gasteiger charge is -2.31. The van der Waals surface area contributed by atoms with E-state index in [1.54, 1.807) is 30.5 Å². The number of hydrogen-bond donors (Lipinski definition) is 1. The molecule has 2 aliphatic heterocycles. The van der Waals surface area contributed by atoms with Crippen molar-refractivity contribution in [3.8, 4) is 11.5 Å². The van der Waals surface area contributed by atoms with Crippen molar-refractivity contribution < 1.29 is 23.8 Å². The molecule has 1 fully saturated rings. The summed E-state index contributed by atoms with van der Waals surface area (Å²) in [4.78, 5) is 31.7. The van der Waals surface area contributed by atoms with Crippen molar-refractivity contribution in [3.05, 3.63) is 46.2 Å². The van der Waals surface area contributed by atoms with E-state index >= 15 is 0 Å². The number of rotatable bonds is 11. The predicted octanol–water partition coefficient (Wildman–Crippen LogP) is 3.20. The number of morpholine rings is 1. The van der Waals surface area contributed by atoms with Crippen LogP contribution < -0.4 is 14.8 Å². The summed E-state index contributed by atoms with van der Waals surface area (Å²) < 4.78 is 16.6. The molecule has 1 N–H and O–H groups in total. The first-order chi connectivity index (χ1) is 18.5. The molecule has 0 aliphatic carbocycles. The molecule has 0 unspecified atom stereocenters. The van der Waals surface area contributed by atoms with Crippen LogP contribution in [0.25, 0.3) is 0 Å². The summed E-state index contributed by atoms with van der Waals surface area (Å²) in [6.07, 6.45) is 1.35. The number of amides is 3. The van der Waals surface area contributed by atoms with Crippen molar-refractivity contribution in [1.82, 2.24) is 20.1 Å². The molecule has 0 spiro atoms. The molecular weight excluding hydrogens is 506 g/mol. The average Bonchev–Trinajstić information content (AvgIpc) is 3.64. The van der Waals surface area contributed by atoms with Gasteiger partial charge in [0.1, 0.15) is 18.0 Å². The van der Waals surface area contributed by atoms with E-state index in [1.165, 1.54) is 5.01 Å². The Morgan fingerprint density at radius 3 is 2.71 bits per heavy atom. The van der Waals surface area contributed by atoms with Gasteiger partial charge in [-0.1, -0.05) is 13.0 Å². The number of nitrogens with zero attached hydrogens (tertiary/aromatic N) is 4. The third kappa shape index (κ3) is 6.83. The molecule has 0 bridgehead atoms. The van der Waals surface area contributed by atoms with Crippen molar-refractivity contribution in [2.45, 2.75) is 25.8 Å². The number of carbonyl (C=O) groups is 2. The lowest BCUT2D eigenvalue weighted by molar-refractivity contribution is -0.133. The maximum atomic E-state index is 13.8. The Balaban J connectivity index is 1.58. The molecule has 11 heteroatoms. The van der Waals surface area contributed by atoms with Crippen LogP contribution in [0.2, 0.25) is 0 Å². The molecule has 1 atom stereocenters. The predicted molar refractivity (Wildman–Crippen MR) is 147 cm³/mol. The smallest absolute Gasteiger partial charge is 0.317 e. The highest BCUT2D eigenvalue weighted by Crippen LogP contribution is 2.39. The highest BCUT2D eigenvalue weighted by atomic mass is 32.1. The Labute approximate surface area is 228 Å². The van der Waals surface area contributed by atoms with Crippen LogP contribution in [0, 0.1) is 0 Å². The van der Waals surface area contributed by atoms with Gasteiger partial charge in [-0.05, 0) is 36.1 Å². The van der Waals surface area contributed by atoms with Gasteiger partial charge in [0.25, 0.3) is 5.91 Å². The fraction of sp³-hybridized carbons (Fsp3) is 0.519. The van der Waals surface area contributed by atoms with Crippen molar-refractivity contribution >= 4 is 29.0 Å². The topological polar surface area (TPSA) is 95.9 Å². The molecule has 0 radical (unpaired) electrons. The molecule has 1 aromatic carbocycles. The highest BCUT2D eigenvalue weighted by Gasteiger charge is 2.36. The minimum Gasteiger partial charge on any atom is -0.497 e. The number of hydrazone groups is 1. The van der Waals surface area contributed by atoms with Crippen molar-refractivity contribution in [1.29, 1.82) is 0 Å². The summed E-state index contributed by atoms with van der Waals surface area (Å²) in [5, 5.41) is 11.2. The van der Waals surface area contributed by atoms with Crippen LogP contribution >= 0.6 is 11.3 Å². The number of methoxy groups -OCH3 is 2. The molecule has 4 rings (SSSR count). The van der Waals surface area contributed by atoms with E-state index in [1.807, 2.05) is 42.6 Å². The summed E-state index contributed by atoms with van der Waals surface area (Å²) in [6, 6.07) is 8.91. The fourth-order valence-electron chi connectivity index (χ4n) is 4.59. The first-order valence-corrected chi connectivity index (χ1v) is 13.9. The molecule has 206 valence electrons. The van der Waals surface area contributed by atoms with E-state index in [4.69, 9.17) is 19.3 Å². The average molecular weight is 544 g/mol. The summed E-state index contributed by atoms with van der Waals surface area (Å²) in [5.41, 5.74) is 1.64. The standard InChI is InChI=1S/C27H37N5O5S/c1-4-9-28-27(34)31(11-10-30-12-14-37-15-13-30)19-26(33)32-23(18-22(29-32)25-6-5-16-38-25)21-17-20(35-2)7-8-24(21)36-3/h5-8,16-17,23H,4,9-15,18-19H2,1-3H3,(H,28,34)/t23-/m0/s1. The SMILES string of the molecule is CCCNC(=O)N(CCN1CCOCC1)CC(=O)N1N=C(c2cccs2)C[C@H]1c1cc(OC)ccc1OC. The van der Waals surface area contributed by atoms with Crippen LogP contribution in [0.15, 0.2) is 40.8 Å². The zero-order valence-electron chi connectivity index (χ0n) is 22.4. The van der Waals surface area contributed by atoms with Crippen LogP contribution in [-0.2, 0) is 9.53 Å². The largest absolute Gasteiger partial charge is 0.497 e. The van der Waals surface area contributed by atoms with Gasteiger partial charge in [-0.3, -0.25) is 9.69 Å². The van der Waals surface area contributed by atoms with E-state index in [0.29, 0.717) is 50.8 Å². The molecule has 1 saturated heterocycles. The van der Waals surface area contributed by atoms with Crippen molar-refractivity contribution in [2.75, 3.05) is 66.7 Å². The molecule has 38 heavy (non-hydrogen) atoms. The number of benzene rings is 1. The first-order valence-electron chi connectivity index (χ1n) is 13.0. The Bertz CT molecular complexity index is 1100. The number of nitrogens with one attached hydrogen (secondary N) is 1. The third-order valence-corrected chi connectivity index (χ3v) is 7.62. The second-order valence-electron chi connectivity index (χ2n) is 9.20. The number of urea groups is 1. The molecule has 10 nitrogen and oxygen atoms in total. The van der Waals surface area contributed by atoms with E-state index in [0.717, 1.165) is 35.7 Å². The van der Waals surface area contributed by atoms with Gasteiger partial charge in [-0.25, -0.2) is 9.80 Å². The molecule has 0 saturated carbocycles. The summed E-state index contributed by atoms with van der Waals surface area (Å²) in [6.45, 7) is 6.57. The van der Waals surface area contributed by atoms with Gasteiger partial charge >= 0.3 is 6.03 Å². The lowest BCUT2D eigenvalue weighted by Crippen LogP contribution is -2.49. The van der Waals surface area contributed by atoms with E-state index < -0.39 is 0 Å². The number of ether oxygens (including phenoxy) is 3. The van der Waals surface area contributed by atoms with Gasteiger partial charge in [-0.15, -0.1) is 11.3 Å². The van der Waals surface area contributed by atoms with Gasteiger partial charge in [0.15, 0.2) is 0 Å². The minimum absolute atomic E-state index is 0.0795. The highest BCUT2D eigenvalue weighted by molar-refractivity contribution is 7.12. The first kappa shape index (κ1) is 27.9. The van der Waals surface area contributed by atoms with Crippen LogP contribution in [0.3, 0.4) is 0 Å². The number of hydrogen-bond acceptors (Lipinski definition) is 8. The third-order valence-electron chi connectivity index (χ3n) is 6.70. The Morgan fingerprint density at radius 2 is 2.03 bits per heavy atom. The zero-order chi connectivity index (χ0) is 26.9. The second-order valence-corrected chi connectivity index (χ2v) is 10.1. The van der Waals surface area contributed by atoms with Crippen LogP contribution in [0.5, 0.6) is 11.5 Å². The molecule has 1 aromatic heterocycles. The van der Waals surface area contributed by atoms with Gasteiger partial charge in [0.05, 0.1) is 44.1 Å². The fourth-order valence-corrected chi connectivity index (χ4v) is 5.31. The maximum Gasteiger partial charge on any atom is 0.317 e. The van der Waals surface area contributed by atoms with E-state index in [2.05, 4.69) is 10.2 Å². The summed E-state index contributed by atoms with van der Waals surface area (Å²) in [5.74, 6) is 1.07. The lowest BCUT2D eigenvalue weighted by atomic mass is 9.99. The monoisotopic (exact) mass is 543 g/mol. The number of carbonyl (C=O) groups excluding carboxylic acids is 2. The van der Waals surface area contributed by atoms with Gasteiger partial charge in [0.2, 0.25) is 0 Å².